The van der Waals surface area contributed by atoms with Crippen molar-refractivity contribution in [2.45, 2.75) is 52.0 Å². The van der Waals surface area contributed by atoms with Crippen LogP contribution < -0.4 is 10.6 Å². The first-order valence-corrected chi connectivity index (χ1v) is 11.4. The number of nitrogens with zero attached hydrogens (tertiary/aromatic N) is 1. The fourth-order valence-electron chi connectivity index (χ4n) is 3.66. The highest BCUT2D eigenvalue weighted by atomic mass is 32.1. The number of carbonyl (C=O) groups is 3. The van der Waals surface area contributed by atoms with Crippen LogP contribution in [0.4, 0.5) is 5.69 Å². The van der Waals surface area contributed by atoms with Gasteiger partial charge in [-0.15, -0.1) is 11.3 Å². The van der Waals surface area contributed by atoms with Crippen LogP contribution in [-0.2, 0) is 4.79 Å². The average molecular weight is 428 g/mol. The highest BCUT2D eigenvalue weighted by Gasteiger charge is 2.24. The minimum Gasteiger partial charge on any atom is -0.351 e. The molecule has 7 heteroatoms. The van der Waals surface area contributed by atoms with Gasteiger partial charge in [-0.05, 0) is 74.7 Å². The minimum absolute atomic E-state index is 0.0599. The Kier molecular flexibility index (Phi) is 7.63. The largest absolute Gasteiger partial charge is 0.351 e. The Morgan fingerprint density at radius 1 is 1.20 bits per heavy atom. The molecule has 30 heavy (non-hydrogen) atoms. The predicted molar refractivity (Wildman–Crippen MR) is 120 cm³/mol. The number of benzene rings is 1. The number of carbonyl (C=O) groups excluding carboxylic acids is 3. The molecule has 1 aliphatic rings. The Hall–Kier alpha value is -2.67. The third-order valence-corrected chi connectivity index (χ3v) is 6.29. The second-order valence-electron chi connectivity index (χ2n) is 7.76. The highest BCUT2D eigenvalue weighted by molar-refractivity contribution is 7.12. The molecule has 1 aromatic heterocycles. The van der Waals surface area contributed by atoms with Crippen LogP contribution in [0, 0.1) is 6.92 Å². The van der Waals surface area contributed by atoms with E-state index in [0.29, 0.717) is 35.5 Å². The van der Waals surface area contributed by atoms with Crippen molar-refractivity contribution in [3.63, 3.8) is 0 Å². The molecule has 3 amide bonds. The summed E-state index contributed by atoms with van der Waals surface area (Å²) in [5.41, 5.74) is 2.24. The Bertz CT molecular complexity index is 895. The summed E-state index contributed by atoms with van der Waals surface area (Å²) >= 11 is 1.39. The van der Waals surface area contributed by atoms with Crippen LogP contribution in [0.1, 0.15) is 64.6 Å². The summed E-state index contributed by atoms with van der Waals surface area (Å²) in [6.07, 6.45) is 4.15. The predicted octanol–water partition coefficient (Wildman–Crippen LogP) is 4.22. The molecule has 1 aliphatic heterocycles. The number of thiophene rings is 1. The lowest BCUT2D eigenvalue weighted by molar-refractivity contribution is -0.116. The lowest BCUT2D eigenvalue weighted by atomic mass is 10.0. The Labute approximate surface area is 181 Å². The van der Waals surface area contributed by atoms with Crippen LogP contribution in [0.3, 0.4) is 0 Å². The zero-order valence-electron chi connectivity index (χ0n) is 17.6. The summed E-state index contributed by atoms with van der Waals surface area (Å²) in [7, 11) is 0. The van der Waals surface area contributed by atoms with Gasteiger partial charge in [-0.2, -0.15) is 0 Å². The van der Waals surface area contributed by atoms with E-state index >= 15 is 0 Å². The van der Waals surface area contributed by atoms with E-state index in [1.807, 2.05) is 29.3 Å². The monoisotopic (exact) mass is 427 g/mol. The molecule has 1 fully saturated rings. The number of amides is 3. The molecule has 0 saturated carbocycles. The topological polar surface area (TPSA) is 78.5 Å². The van der Waals surface area contributed by atoms with Gasteiger partial charge in [-0.25, -0.2) is 0 Å². The Balaban J connectivity index is 1.47. The van der Waals surface area contributed by atoms with Crippen LogP contribution in [0.15, 0.2) is 35.7 Å². The number of likely N-dealkylation sites (tertiary alicyclic amines) is 1. The van der Waals surface area contributed by atoms with Crippen molar-refractivity contribution in [1.29, 1.82) is 0 Å². The van der Waals surface area contributed by atoms with Crippen molar-refractivity contribution in [1.82, 2.24) is 10.2 Å². The van der Waals surface area contributed by atoms with Gasteiger partial charge in [-0.1, -0.05) is 6.07 Å². The molecule has 2 aromatic rings. The van der Waals surface area contributed by atoms with Crippen LogP contribution in [-0.4, -0.2) is 41.8 Å². The molecule has 1 aromatic carbocycles. The summed E-state index contributed by atoms with van der Waals surface area (Å²) in [6, 6.07) is 9.31. The third-order valence-electron chi connectivity index (χ3n) is 5.42. The summed E-state index contributed by atoms with van der Waals surface area (Å²) in [6.45, 7) is 5.25. The number of piperidine rings is 1. The minimum atomic E-state index is -0.107. The summed E-state index contributed by atoms with van der Waals surface area (Å²) in [4.78, 5) is 39.6. The van der Waals surface area contributed by atoms with Gasteiger partial charge in [0, 0.05) is 36.8 Å². The smallest absolute Gasteiger partial charge is 0.261 e. The molecule has 3 rings (SSSR count). The van der Waals surface area contributed by atoms with Gasteiger partial charge < -0.3 is 15.5 Å². The number of aryl methyl sites for hydroxylation is 1. The van der Waals surface area contributed by atoms with Crippen molar-refractivity contribution in [2.24, 2.45) is 0 Å². The zero-order chi connectivity index (χ0) is 21.5. The van der Waals surface area contributed by atoms with Crippen molar-refractivity contribution < 1.29 is 14.4 Å². The molecule has 1 unspecified atom stereocenters. The lowest BCUT2D eigenvalue weighted by Gasteiger charge is -2.33. The van der Waals surface area contributed by atoms with Crippen LogP contribution >= 0.6 is 11.3 Å². The number of anilines is 1. The quantitative estimate of drug-likeness (QED) is 0.650. The first-order chi connectivity index (χ1) is 14.5. The standard InChI is InChI=1S/C23H29N3O3S/c1-16-15-18(23(29)26-13-4-3-7-17(26)2)10-11-19(16)25-21(27)9-5-12-24-22(28)20-8-6-14-30-20/h6,8,10-11,14-15,17H,3-5,7,9,12-13H2,1-2H3,(H,24,28)(H,25,27). The molecule has 0 bridgehead atoms. The molecule has 2 N–H and O–H groups in total. The summed E-state index contributed by atoms with van der Waals surface area (Å²) in [5, 5.41) is 7.58. The van der Waals surface area contributed by atoms with E-state index in [1.54, 1.807) is 18.2 Å². The van der Waals surface area contributed by atoms with Crippen molar-refractivity contribution >= 4 is 34.7 Å². The van der Waals surface area contributed by atoms with E-state index in [0.717, 1.165) is 24.9 Å². The van der Waals surface area contributed by atoms with Crippen molar-refractivity contribution in [3.05, 3.63) is 51.7 Å². The van der Waals surface area contributed by atoms with Gasteiger partial charge in [0.1, 0.15) is 0 Å². The van der Waals surface area contributed by atoms with Crippen molar-refractivity contribution in [3.8, 4) is 0 Å². The normalized spacial score (nSPS) is 16.2. The zero-order valence-corrected chi connectivity index (χ0v) is 18.4. The van der Waals surface area contributed by atoms with Crippen LogP contribution in [0.5, 0.6) is 0 Å². The van der Waals surface area contributed by atoms with E-state index in [4.69, 9.17) is 0 Å². The van der Waals surface area contributed by atoms with E-state index in [-0.39, 0.29) is 23.8 Å². The molecule has 6 nitrogen and oxygen atoms in total. The molecular formula is C23H29N3O3S. The number of hydrogen-bond acceptors (Lipinski definition) is 4. The van der Waals surface area contributed by atoms with Gasteiger partial charge in [0.25, 0.3) is 11.8 Å². The van der Waals surface area contributed by atoms with Gasteiger partial charge in [0.15, 0.2) is 0 Å². The molecule has 0 aliphatic carbocycles. The molecular weight excluding hydrogens is 398 g/mol. The van der Waals surface area contributed by atoms with E-state index < -0.39 is 0 Å². The average Bonchev–Trinajstić information content (AvgIpc) is 3.27. The van der Waals surface area contributed by atoms with Crippen molar-refractivity contribution in [2.75, 3.05) is 18.4 Å². The molecule has 1 atom stereocenters. The third kappa shape index (κ3) is 5.69. The molecule has 1 saturated heterocycles. The maximum absolute atomic E-state index is 12.8. The maximum atomic E-state index is 12.8. The van der Waals surface area contributed by atoms with E-state index in [9.17, 15) is 14.4 Å². The molecule has 2 heterocycles. The van der Waals surface area contributed by atoms with Crippen LogP contribution in [0.2, 0.25) is 0 Å². The van der Waals surface area contributed by atoms with Gasteiger partial charge in [0.2, 0.25) is 5.91 Å². The number of rotatable bonds is 7. The first kappa shape index (κ1) is 22.0. The second kappa shape index (κ2) is 10.4. The highest BCUT2D eigenvalue weighted by Crippen LogP contribution is 2.22. The summed E-state index contributed by atoms with van der Waals surface area (Å²) < 4.78 is 0. The van der Waals surface area contributed by atoms with Gasteiger partial charge >= 0.3 is 0 Å². The van der Waals surface area contributed by atoms with Crippen LogP contribution in [0.25, 0.3) is 0 Å². The van der Waals surface area contributed by atoms with Gasteiger partial charge in [-0.3, -0.25) is 14.4 Å². The molecule has 160 valence electrons. The number of nitrogens with one attached hydrogen (secondary N) is 2. The SMILES string of the molecule is Cc1cc(C(=O)N2CCCCC2C)ccc1NC(=O)CCCNC(=O)c1cccs1. The fourth-order valence-corrected chi connectivity index (χ4v) is 4.30. The second-order valence-corrected chi connectivity index (χ2v) is 8.71. The Morgan fingerprint density at radius 2 is 2.03 bits per heavy atom. The van der Waals surface area contributed by atoms with E-state index in [2.05, 4.69) is 17.6 Å². The first-order valence-electron chi connectivity index (χ1n) is 10.5. The molecule has 0 spiro atoms. The lowest BCUT2D eigenvalue weighted by Crippen LogP contribution is -2.42. The fraction of sp³-hybridized carbons (Fsp3) is 0.435. The number of hydrogen-bond donors (Lipinski definition) is 2. The molecule has 0 radical (unpaired) electrons. The summed E-state index contributed by atoms with van der Waals surface area (Å²) in [5.74, 6) is -0.151. The van der Waals surface area contributed by atoms with E-state index in [1.165, 1.54) is 17.8 Å². The Morgan fingerprint density at radius 3 is 2.73 bits per heavy atom. The van der Waals surface area contributed by atoms with Gasteiger partial charge in [0.05, 0.1) is 4.88 Å². The maximum Gasteiger partial charge on any atom is 0.261 e.